The third-order valence-electron chi connectivity index (χ3n) is 6.07. The highest BCUT2D eigenvalue weighted by Gasteiger charge is 2.27. The lowest BCUT2D eigenvalue weighted by Crippen LogP contribution is -2.39. The average molecular weight is 540 g/mol. The highest BCUT2D eigenvalue weighted by Crippen LogP contribution is 2.26. The molecule has 2 heterocycles. The number of aromatic nitrogens is 2. The van der Waals surface area contributed by atoms with Crippen molar-refractivity contribution in [2.45, 2.75) is 52.1 Å². The van der Waals surface area contributed by atoms with Crippen molar-refractivity contribution < 1.29 is 18.7 Å². The van der Waals surface area contributed by atoms with Crippen molar-refractivity contribution in [3.63, 3.8) is 0 Å². The molecule has 2 amide bonds. The standard InChI is InChI=1S/C28H34ClN5O4/c1-28(2,3)38-27(36)34(19-9-18-33-16-7-4-8-17-33)26-32-31-25(37-26)20-12-14-21(15-13-20)30-24(35)22-10-5-6-11-23(22)29/h5-6,10-15H,4,7-9,16-19H2,1-3H3,(H,30,35). The molecule has 0 atom stereocenters. The summed E-state index contributed by atoms with van der Waals surface area (Å²) < 4.78 is 11.5. The fraction of sp³-hybridized carbons (Fsp3) is 0.429. The van der Waals surface area contributed by atoms with E-state index in [2.05, 4.69) is 20.4 Å². The molecule has 0 spiro atoms. The number of carbonyl (C=O) groups is 2. The first kappa shape index (κ1) is 27.6. The van der Waals surface area contributed by atoms with Crippen molar-refractivity contribution >= 4 is 35.3 Å². The van der Waals surface area contributed by atoms with Crippen LogP contribution in [0.2, 0.25) is 5.02 Å². The quantitative estimate of drug-likeness (QED) is 0.360. The summed E-state index contributed by atoms with van der Waals surface area (Å²) in [5.74, 6) is -0.0467. The topological polar surface area (TPSA) is 101 Å². The van der Waals surface area contributed by atoms with Crippen molar-refractivity contribution in [2.75, 3.05) is 36.4 Å². The zero-order valence-corrected chi connectivity index (χ0v) is 22.8. The lowest BCUT2D eigenvalue weighted by Gasteiger charge is -2.28. The molecule has 1 fully saturated rings. The Morgan fingerprint density at radius 1 is 1.05 bits per heavy atom. The number of anilines is 2. The zero-order valence-electron chi connectivity index (χ0n) is 22.1. The van der Waals surface area contributed by atoms with Crippen LogP contribution in [0.4, 0.5) is 16.5 Å². The molecule has 1 aliphatic heterocycles. The van der Waals surface area contributed by atoms with Crippen LogP contribution in [0.5, 0.6) is 0 Å². The third kappa shape index (κ3) is 7.55. The Kier molecular flexibility index (Phi) is 9.01. The monoisotopic (exact) mass is 539 g/mol. The highest BCUT2D eigenvalue weighted by molar-refractivity contribution is 6.34. The van der Waals surface area contributed by atoms with Crippen molar-refractivity contribution in [2.24, 2.45) is 0 Å². The van der Waals surface area contributed by atoms with E-state index < -0.39 is 11.7 Å². The van der Waals surface area contributed by atoms with Crippen molar-refractivity contribution in [3.8, 4) is 11.5 Å². The molecule has 3 aromatic rings. The van der Waals surface area contributed by atoms with Gasteiger partial charge in [-0.25, -0.2) is 9.69 Å². The van der Waals surface area contributed by atoms with Gasteiger partial charge in [0.2, 0.25) is 5.89 Å². The minimum absolute atomic E-state index is 0.0870. The third-order valence-corrected chi connectivity index (χ3v) is 6.40. The van der Waals surface area contributed by atoms with E-state index in [1.807, 2.05) is 20.8 Å². The highest BCUT2D eigenvalue weighted by atomic mass is 35.5. The molecular formula is C28H34ClN5O4. The number of nitrogens with zero attached hydrogens (tertiary/aromatic N) is 4. The number of nitrogens with one attached hydrogen (secondary N) is 1. The summed E-state index contributed by atoms with van der Waals surface area (Å²) >= 11 is 6.12. The number of hydrogen-bond acceptors (Lipinski definition) is 7. The Morgan fingerprint density at radius 2 is 1.76 bits per heavy atom. The van der Waals surface area contributed by atoms with E-state index in [1.165, 1.54) is 24.2 Å². The van der Waals surface area contributed by atoms with Gasteiger partial charge in [-0.15, -0.1) is 5.10 Å². The molecule has 1 N–H and O–H groups in total. The predicted molar refractivity (Wildman–Crippen MR) is 148 cm³/mol. The molecule has 1 aliphatic rings. The molecule has 9 nitrogen and oxygen atoms in total. The molecular weight excluding hydrogens is 506 g/mol. The van der Waals surface area contributed by atoms with E-state index in [1.54, 1.807) is 48.5 Å². The van der Waals surface area contributed by atoms with Crippen LogP contribution < -0.4 is 10.2 Å². The van der Waals surface area contributed by atoms with Crippen molar-refractivity contribution in [1.29, 1.82) is 0 Å². The number of piperidine rings is 1. The van der Waals surface area contributed by atoms with Crippen LogP contribution in [-0.2, 0) is 4.74 Å². The van der Waals surface area contributed by atoms with Gasteiger partial charge in [0.05, 0.1) is 10.6 Å². The van der Waals surface area contributed by atoms with Crippen LogP contribution in [0.1, 0.15) is 56.8 Å². The second-order valence-electron chi connectivity index (χ2n) is 10.3. The first-order valence-electron chi connectivity index (χ1n) is 12.9. The van der Waals surface area contributed by atoms with Gasteiger partial charge in [0, 0.05) is 17.8 Å². The maximum absolute atomic E-state index is 13.0. The summed E-state index contributed by atoms with van der Waals surface area (Å²) in [6.45, 7) is 8.94. The molecule has 0 unspecified atom stereocenters. The Balaban J connectivity index is 1.44. The molecule has 1 saturated heterocycles. The van der Waals surface area contributed by atoms with E-state index in [0.29, 0.717) is 28.4 Å². The van der Waals surface area contributed by atoms with Gasteiger partial charge in [-0.1, -0.05) is 35.3 Å². The van der Waals surface area contributed by atoms with E-state index in [0.717, 1.165) is 26.1 Å². The molecule has 0 bridgehead atoms. The fourth-order valence-corrected chi connectivity index (χ4v) is 4.42. The van der Waals surface area contributed by atoms with Gasteiger partial charge in [0.25, 0.3) is 5.91 Å². The fourth-order valence-electron chi connectivity index (χ4n) is 4.20. The van der Waals surface area contributed by atoms with Gasteiger partial charge < -0.3 is 19.4 Å². The second-order valence-corrected chi connectivity index (χ2v) is 10.7. The summed E-state index contributed by atoms with van der Waals surface area (Å²) in [4.78, 5) is 29.3. The molecule has 202 valence electrons. The number of ether oxygens (including phenoxy) is 1. The number of amides is 2. The number of likely N-dealkylation sites (tertiary alicyclic amines) is 1. The van der Waals surface area contributed by atoms with Crippen LogP contribution in [0, 0.1) is 0 Å². The van der Waals surface area contributed by atoms with Crippen LogP contribution >= 0.6 is 11.6 Å². The Labute approximate surface area is 228 Å². The van der Waals surface area contributed by atoms with Gasteiger partial charge >= 0.3 is 12.1 Å². The smallest absolute Gasteiger partial charge is 0.418 e. The lowest BCUT2D eigenvalue weighted by molar-refractivity contribution is 0.0571. The van der Waals surface area contributed by atoms with Crippen LogP contribution in [0.3, 0.4) is 0 Å². The first-order valence-corrected chi connectivity index (χ1v) is 13.3. The van der Waals surface area contributed by atoms with Gasteiger partial charge in [0.1, 0.15) is 5.60 Å². The number of carbonyl (C=O) groups excluding carboxylic acids is 2. The maximum Gasteiger partial charge on any atom is 0.418 e. The van der Waals surface area contributed by atoms with E-state index >= 15 is 0 Å². The van der Waals surface area contributed by atoms with E-state index in [9.17, 15) is 9.59 Å². The molecule has 10 heteroatoms. The molecule has 4 rings (SSSR count). The molecule has 2 aromatic carbocycles. The first-order chi connectivity index (χ1) is 18.2. The summed E-state index contributed by atoms with van der Waals surface area (Å²) in [6, 6.07) is 13.9. The normalized spacial score (nSPS) is 14.2. The van der Waals surface area contributed by atoms with Crippen molar-refractivity contribution in [1.82, 2.24) is 15.1 Å². The lowest BCUT2D eigenvalue weighted by atomic mass is 10.1. The number of rotatable bonds is 8. The SMILES string of the molecule is CC(C)(C)OC(=O)N(CCCN1CCCCC1)c1nnc(-c2ccc(NC(=O)c3ccccc3Cl)cc2)o1. The Bertz CT molecular complexity index is 1230. The minimum Gasteiger partial charge on any atom is -0.443 e. The summed E-state index contributed by atoms with van der Waals surface area (Å²) in [7, 11) is 0. The molecule has 1 aromatic heterocycles. The molecule has 38 heavy (non-hydrogen) atoms. The molecule has 0 radical (unpaired) electrons. The summed E-state index contributed by atoms with van der Waals surface area (Å²) in [6.07, 6.45) is 3.94. The molecule has 0 saturated carbocycles. The van der Waals surface area contributed by atoms with Gasteiger partial charge in [0.15, 0.2) is 0 Å². The predicted octanol–water partition coefficient (Wildman–Crippen LogP) is 6.26. The Hall–Kier alpha value is -3.43. The van der Waals surface area contributed by atoms with Crippen LogP contribution in [0.25, 0.3) is 11.5 Å². The van der Waals surface area contributed by atoms with Crippen LogP contribution in [0.15, 0.2) is 52.9 Å². The van der Waals surface area contributed by atoms with Crippen LogP contribution in [-0.4, -0.2) is 58.9 Å². The van der Waals surface area contributed by atoms with Crippen molar-refractivity contribution in [3.05, 3.63) is 59.1 Å². The number of halogens is 1. The molecule has 0 aliphatic carbocycles. The summed E-state index contributed by atoms with van der Waals surface area (Å²) in [5, 5.41) is 11.5. The van der Waals surface area contributed by atoms with E-state index in [4.69, 9.17) is 20.8 Å². The largest absolute Gasteiger partial charge is 0.443 e. The van der Waals surface area contributed by atoms with Gasteiger partial charge in [-0.2, -0.15) is 0 Å². The minimum atomic E-state index is -0.657. The average Bonchev–Trinajstić information content (AvgIpc) is 3.36. The number of hydrogen-bond donors (Lipinski definition) is 1. The van der Waals surface area contributed by atoms with Gasteiger partial charge in [-0.3, -0.25) is 4.79 Å². The van der Waals surface area contributed by atoms with E-state index in [-0.39, 0.29) is 17.8 Å². The summed E-state index contributed by atoms with van der Waals surface area (Å²) in [5.41, 5.74) is 0.973. The number of benzene rings is 2. The second kappa shape index (κ2) is 12.4. The maximum atomic E-state index is 13.0. The Morgan fingerprint density at radius 3 is 2.45 bits per heavy atom. The van der Waals surface area contributed by atoms with Gasteiger partial charge in [-0.05, 0) is 96.1 Å². The zero-order chi connectivity index (χ0) is 27.1.